The monoisotopic (exact) mass is 394 g/mol. The van der Waals surface area contributed by atoms with Crippen molar-refractivity contribution >= 4 is 16.9 Å². The molecule has 29 heavy (non-hydrogen) atoms. The maximum absolute atomic E-state index is 12.4. The summed E-state index contributed by atoms with van der Waals surface area (Å²) in [5.74, 6) is 0.701. The van der Waals surface area contributed by atoms with E-state index in [0.717, 1.165) is 37.4 Å². The van der Waals surface area contributed by atoms with Crippen LogP contribution in [0.25, 0.3) is 16.9 Å². The average molecular weight is 394 g/mol. The molecule has 0 saturated carbocycles. The van der Waals surface area contributed by atoms with Crippen LogP contribution in [0.3, 0.4) is 0 Å². The highest BCUT2D eigenvalue weighted by Crippen LogP contribution is 2.20. The largest absolute Gasteiger partial charge is 0.329 e. The highest BCUT2D eigenvalue weighted by molar-refractivity contribution is 5.76. The van der Waals surface area contributed by atoms with E-state index in [1.54, 1.807) is 7.05 Å². The number of nitrogens with zero attached hydrogens (tertiary/aromatic N) is 5. The summed E-state index contributed by atoms with van der Waals surface area (Å²) in [7, 11) is 3.74. The quantitative estimate of drug-likeness (QED) is 0.541. The lowest BCUT2D eigenvalue weighted by atomic mass is 10.2. The fourth-order valence-electron chi connectivity index (χ4n) is 3.92. The van der Waals surface area contributed by atoms with Crippen LogP contribution >= 0.6 is 0 Å². The molecular formula is C21H26N6O2. The molecule has 0 amide bonds. The number of nitrogens with one attached hydrogen (secondary N) is 1. The summed E-state index contributed by atoms with van der Waals surface area (Å²) in [5, 5.41) is 0. The average Bonchev–Trinajstić information content (AvgIpc) is 3.19. The van der Waals surface area contributed by atoms with Crippen molar-refractivity contribution in [3.05, 3.63) is 68.1 Å². The summed E-state index contributed by atoms with van der Waals surface area (Å²) in [6, 6.07) is 10.4. The Bertz CT molecular complexity index is 1290. The van der Waals surface area contributed by atoms with Crippen LogP contribution in [-0.2, 0) is 20.1 Å². The number of H-pyrrole nitrogens is 1. The van der Waals surface area contributed by atoms with E-state index in [1.165, 1.54) is 10.1 Å². The molecule has 1 N–H and O–H groups in total. The summed E-state index contributed by atoms with van der Waals surface area (Å²) < 4.78 is 5.38. The van der Waals surface area contributed by atoms with Gasteiger partial charge in [0.25, 0.3) is 5.56 Å². The van der Waals surface area contributed by atoms with Gasteiger partial charge in [-0.05, 0) is 39.4 Å². The predicted molar refractivity (Wildman–Crippen MR) is 113 cm³/mol. The standard InChI is InChI=1S/C21H26N6O2/c1-14-15(2)27-17-18(25(4)21(29)23-19(17)28)22-20(27)26(14)12-8-11-24(3)13-16-9-6-5-7-10-16/h5-7,9-10H,8,11-13H2,1-4H3,(H,23,28,29). The lowest BCUT2D eigenvalue weighted by molar-refractivity contribution is 0.314. The molecule has 3 heterocycles. The van der Waals surface area contributed by atoms with Crippen molar-refractivity contribution in [1.29, 1.82) is 0 Å². The summed E-state index contributed by atoms with van der Waals surface area (Å²) in [6.07, 6.45) is 0.951. The number of imidazole rings is 2. The molecule has 0 fully saturated rings. The van der Waals surface area contributed by atoms with Gasteiger partial charge >= 0.3 is 5.69 Å². The molecule has 0 aliphatic heterocycles. The van der Waals surface area contributed by atoms with Crippen molar-refractivity contribution in [3.8, 4) is 0 Å². The zero-order valence-corrected chi connectivity index (χ0v) is 17.3. The Morgan fingerprint density at radius 2 is 1.83 bits per heavy atom. The van der Waals surface area contributed by atoms with Gasteiger partial charge in [0.05, 0.1) is 0 Å². The number of aromatic amines is 1. The molecule has 8 nitrogen and oxygen atoms in total. The second kappa shape index (κ2) is 7.36. The molecule has 0 radical (unpaired) electrons. The second-order valence-electron chi connectivity index (χ2n) is 7.64. The van der Waals surface area contributed by atoms with Gasteiger partial charge in [0.2, 0.25) is 5.78 Å². The minimum absolute atomic E-state index is 0.404. The normalized spacial score (nSPS) is 11.9. The van der Waals surface area contributed by atoms with Crippen molar-refractivity contribution in [1.82, 2.24) is 28.4 Å². The first kappa shape index (κ1) is 19.2. The molecule has 0 bridgehead atoms. The Hall–Kier alpha value is -3.13. The van der Waals surface area contributed by atoms with E-state index in [2.05, 4.69) is 50.7 Å². The highest BCUT2D eigenvalue weighted by atomic mass is 16.2. The topological polar surface area (TPSA) is 80.3 Å². The Morgan fingerprint density at radius 3 is 2.55 bits per heavy atom. The van der Waals surface area contributed by atoms with Gasteiger partial charge in [0.1, 0.15) is 0 Å². The number of rotatable bonds is 6. The third-order valence-electron chi connectivity index (χ3n) is 5.62. The maximum atomic E-state index is 12.4. The van der Waals surface area contributed by atoms with Crippen molar-refractivity contribution in [2.24, 2.45) is 7.05 Å². The summed E-state index contributed by atoms with van der Waals surface area (Å²) >= 11 is 0. The fraction of sp³-hybridized carbons (Fsp3) is 0.381. The van der Waals surface area contributed by atoms with Gasteiger partial charge in [-0.3, -0.25) is 18.7 Å². The third kappa shape index (κ3) is 3.29. The van der Waals surface area contributed by atoms with Crippen LogP contribution in [0.15, 0.2) is 39.9 Å². The van der Waals surface area contributed by atoms with E-state index in [-0.39, 0.29) is 0 Å². The molecule has 0 spiro atoms. The summed E-state index contributed by atoms with van der Waals surface area (Å²) in [5.41, 5.74) is 3.31. The van der Waals surface area contributed by atoms with E-state index in [0.29, 0.717) is 16.9 Å². The third-order valence-corrected chi connectivity index (χ3v) is 5.62. The van der Waals surface area contributed by atoms with Crippen LogP contribution in [0.5, 0.6) is 0 Å². The van der Waals surface area contributed by atoms with Gasteiger partial charge in [0.15, 0.2) is 11.2 Å². The fourth-order valence-corrected chi connectivity index (χ4v) is 3.92. The lowest BCUT2D eigenvalue weighted by Crippen LogP contribution is -2.28. The molecule has 3 aromatic heterocycles. The highest BCUT2D eigenvalue weighted by Gasteiger charge is 2.20. The number of fused-ring (bicyclic) bond motifs is 3. The molecule has 4 rings (SSSR count). The molecule has 0 aliphatic rings. The smallest absolute Gasteiger partial charge is 0.314 e. The molecule has 1 aromatic carbocycles. The SMILES string of the molecule is Cc1c(C)n2c3c(=O)[nH]c(=O)n(C)c3nc2n1CCCN(C)Cc1ccccc1. The van der Waals surface area contributed by atoms with Crippen LogP contribution in [0.4, 0.5) is 0 Å². The zero-order chi connectivity index (χ0) is 20.7. The second-order valence-corrected chi connectivity index (χ2v) is 7.64. The van der Waals surface area contributed by atoms with Crippen LogP contribution in [0.2, 0.25) is 0 Å². The van der Waals surface area contributed by atoms with Gasteiger partial charge in [-0.25, -0.2) is 4.79 Å². The van der Waals surface area contributed by atoms with E-state index >= 15 is 0 Å². The zero-order valence-electron chi connectivity index (χ0n) is 17.3. The van der Waals surface area contributed by atoms with Crippen molar-refractivity contribution in [2.75, 3.05) is 13.6 Å². The first-order valence-corrected chi connectivity index (χ1v) is 9.78. The number of aromatic nitrogens is 5. The van der Waals surface area contributed by atoms with Crippen LogP contribution in [0.1, 0.15) is 23.4 Å². The number of hydrogen-bond acceptors (Lipinski definition) is 4. The van der Waals surface area contributed by atoms with Crippen LogP contribution in [0, 0.1) is 13.8 Å². The maximum Gasteiger partial charge on any atom is 0.329 e. The Labute approximate surface area is 168 Å². The van der Waals surface area contributed by atoms with E-state index in [1.807, 2.05) is 24.3 Å². The van der Waals surface area contributed by atoms with E-state index < -0.39 is 11.2 Å². The molecule has 0 atom stereocenters. The Kier molecular flexibility index (Phi) is 4.87. The van der Waals surface area contributed by atoms with Gasteiger partial charge in [-0.2, -0.15) is 4.98 Å². The molecular weight excluding hydrogens is 368 g/mol. The van der Waals surface area contributed by atoms with Gasteiger partial charge in [-0.15, -0.1) is 0 Å². The molecule has 0 aliphatic carbocycles. The minimum Gasteiger partial charge on any atom is -0.314 e. The van der Waals surface area contributed by atoms with Crippen molar-refractivity contribution < 1.29 is 0 Å². The first-order chi connectivity index (χ1) is 13.9. The molecule has 0 unspecified atom stereocenters. The number of aryl methyl sites for hydroxylation is 3. The minimum atomic E-state index is -0.452. The Balaban J connectivity index is 1.61. The van der Waals surface area contributed by atoms with Crippen molar-refractivity contribution in [2.45, 2.75) is 33.4 Å². The Morgan fingerprint density at radius 1 is 1.10 bits per heavy atom. The molecule has 8 heteroatoms. The van der Waals surface area contributed by atoms with E-state index in [9.17, 15) is 9.59 Å². The van der Waals surface area contributed by atoms with Crippen molar-refractivity contribution in [3.63, 3.8) is 0 Å². The predicted octanol–water partition coefficient (Wildman–Crippen LogP) is 1.81. The first-order valence-electron chi connectivity index (χ1n) is 9.78. The van der Waals surface area contributed by atoms with Gasteiger partial charge in [0, 0.05) is 31.5 Å². The van der Waals surface area contributed by atoms with Gasteiger partial charge in [-0.1, -0.05) is 30.3 Å². The van der Waals surface area contributed by atoms with Crippen LogP contribution < -0.4 is 11.2 Å². The number of hydrogen-bond donors (Lipinski definition) is 1. The molecule has 152 valence electrons. The number of benzene rings is 1. The van der Waals surface area contributed by atoms with Crippen LogP contribution in [-0.4, -0.2) is 42.0 Å². The molecule has 4 aromatic rings. The summed E-state index contributed by atoms with van der Waals surface area (Å²) in [4.78, 5) is 33.7. The van der Waals surface area contributed by atoms with E-state index in [4.69, 9.17) is 0 Å². The summed E-state index contributed by atoms with van der Waals surface area (Å²) in [6.45, 7) is 6.66. The van der Waals surface area contributed by atoms with Gasteiger partial charge < -0.3 is 9.47 Å². The molecule has 0 saturated heterocycles. The lowest BCUT2D eigenvalue weighted by Gasteiger charge is -2.17.